The predicted octanol–water partition coefficient (Wildman–Crippen LogP) is 4.45. The molecule has 0 atom stereocenters. The summed E-state index contributed by atoms with van der Waals surface area (Å²) in [5.74, 6) is 0.795. The SMILES string of the molecule is COCc1c(Br)cccc1NCc1ccc(Cl)o1. The molecular weight excluding hydrogens is 318 g/mol. The molecule has 5 heteroatoms. The Hall–Kier alpha value is -0.970. The van der Waals surface area contributed by atoms with Crippen molar-refractivity contribution in [2.45, 2.75) is 13.2 Å². The van der Waals surface area contributed by atoms with E-state index in [2.05, 4.69) is 21.2 Å². The minimum atomic E-state index is 0.401. The molecule has 0 fully saturated rings. The third kappa shape index (κ3) is 3.28. The van der Waals surface area contributed by atoms with E-state index in [0.29, 0.717) is 18.4 Å². The Balaban J connectivity index is 2.11. The van der Waals surface area contributed by atoms with Crippen LogP contribution in [0.2, 0.25) is 5.22 Å². The van der Waals surface area contributed by atoms with Crippen molar-refractivity contribution in [1.82, 2.24) is 0 Å². The third-order valence-corrected chi connectivity index (χ3v) is 3.44. The zero-order valence-corrected chi connectivity index (χ0v) is 12.2. The molecule has 18 heavy (non-hydrogen) atoms. The molecule has 0 aliphatic heterocycles. The first kappa shape index (κ1) is 13.5. The van der Waals surface area contributed by atoms with Crippen molar-refractivity contribution >= 4 is 33.2 Å². The molecule has 0 unspecified atom stereocenters. The predicted molar refractivity (Wildman–Crippen MR) is 75.9 cm³/mol. The maximum absolute atomic E-state index is 5.73. The van der Waals surface area contributed by atoms with E-state index in [1.54, 1.807) is 13.2 Å². The number of anilines is 1. The quantitative estimate of drug-likeness (QED) is 0.879. The van der Waals surface area contributed by atoms with Crippen LogP contribution in [0.5, 0.6) is 0 Å². The van der Waals surface area contributed by atoms with Crippen LogP contribution in [-0.2, 0) is 17.9 Å². The smallest absolute Gasteiger partial charge is 0.193 e. The molecule has 0 bridgehead atoms. The fraction of sp³-hybridized carbons (Fsp3) is 0.231. The highest BCUT2D eigenvalue weighted by Crippen LogP contribution is 2.26. The summed E-state index contributed by atoms with van der Waals surface area (Å²) in [6.07, 6.45) is 0. The number of hydrogen-bond donors (Lipinski definition) is 1. The van der Waals surface area contributed by atoms with Gasteiger partial charge >= 0.3 is 0 Å². The van der Waals surface area contributed by atoms with Crippen LogP contribution < -0.4 is 5.32 Å². The van der Waals surface area contributed by atoms with Crippen molar-refractivity contribution in [2.24, 2.45) is 0 Å². The minimum Gasteiger partial charge on any atom is -0.448 e. The molecule has 0 saturated heterocycles. The highest BCUT2D eigenvalue weighted by atomic mass is 79.9. The molecule has 0 saturated carbocycles. The summed E-state index contributed by atoms with van der Waals surface area (Å²) < 4.78 is 11.5. The van der Waals surface area contributed by atoms with Gasteiger partial charge in [-0.15, -0.1) is 0 Å². The van der Waals surface area contributed by atoms with Crippen LogP contribution in [0.3, 0.4) is 0 Å². The van der Waals surface area contributed by atoms with Gasteiger partial charge < -0.3 is 14.5 Å². The molecule has 0 amide bonds. The standard InChI is InChI=1S/C13H13BrClNO2/c1-17-8-10-11(14)3-2-4-12(10)16-7-9-5-6-13(15)18-9/h2-6,16H,7-8H2,1H3. The Bertz CT molecular complexity index is 527. The summed E-state index contributed by atoms with van der Waals surface area (Å²) in [5, 5.41) is 3.71. The van der Waals surface area contributed by atoms with Crippen molar-refractivity contribution in [3.63, 3.8) is 0 Å². The number of halogens is 2. The lowest BCUT2D eigenvalue weighted by Crippen LogP contribution is -2.03. The van der Waals surface area contributed by atoms with E-state index in [0.717, 1.165) is 21.5 Å². The topological polar surface area (TPSA) is 34.4 Å². The average molecular weight is 331 g/mol. The number of ether oxygens (including phenoxy) is 1. The number of hydrogen-bond acceptors (Lipinski definition) is 3. The summed E-state index contributed by atoms with van der Waals surface area (Å²) >= 11 is 9.24. The normalized spacial score (nSPS) is 10.6. The summed E-state index contributed by atoms with van der Waals surface area (Å²) in [7, 11) is 1.68. The second kappa shape index (κ2) is 6.27. The van der Waals surface area contributed by atoms with Crippen LogP contribution in [0.15, 0.2) is 39.2 Å². The molecule has 96 valence electrons. The average Bonchev–Trinajstić information content (AvgIpc) is 2.76. The molecule has 0 aliphatic rings. The van der Waals surface area contributed by atoms with E-state index >= 15 is 0 Å². The van der Waals surface area contributed by atoms with E-state index in [1.165, 1.54) is 0 Å². The van der Waals surface area contributed by atoms with Crippen LogP contribution >= 0.6 is 27.5 Å². The number of benzene rings is 1. The fourth-order valence-corrected chi connectivity index (χ4v) is 2.29. The van der Waals surface area contributed by atoms with Gasteiger partial charge in [0, 0.05) is 22.8 Å². The molecule has 1 aromatic heterocycles. The third-order valence-electron chi connectivity index (χ3n) is 2.49. The molecule has 0 spiro atoms. The van der Waals surface area contributed by atoms with Crippen molar-refractivity contribution in [3.8, 4) is 0 Å². The van der Waals surface area contributed by atoms with Gasteiger partial charge in [-0.3, -0.25) is 0 Å². The zero-order chi connectivity index (χ0) is 13.0. The van der Waals surface area contributed by atoms with Gasteiger partial charge in [-0.1, -0.05) is 22.0 Å². The molecular formula is C13H13BrClNO2. The Kier molecular flexibility index (Phi) is 4.69. The first-order valence-electron chi connectivity index (χ1n) is 5.45. The second-order valence-corrected chi connectivity index (χ2v) is 4.99. The summed E-state index contributed by atoms with van der Waals surface area (Å²) in [4.78, 5) is 0. The zero-order valence-electron chi connectivity index (χ0n) is 9.87. The Morgan fingerprint density at radius 2 is 2.17 bits per heavy atom. The Labute approximate surface area is 119 Å². The molecule has 3 nitrogen and oxygen atoms in total. The number of furan rings is 1. The lowest BCUT2D eigenvalue weighted by Gasteiger charge is -2.12. The van der Waals surface area contributed by atoms with E-state index in [4.69, 9.17) is 20.8 Å². The van der Waals surface area contributed by atoms with Gasteiger partial charge in [0.1, 0.15) is 5.76 Å². The summed E-state index contributed by atoms with van der Waals surface area (Å²) in [6.45, 7) is 1.13. The molecule has 0 radical (unpaired) electrons. The first-order valence-corrected chi connectivity index (χ1v) is 6.62. The highest BCUT2D eigenvalue weighted by molar-refractivity contribution is 9.10. The van der Waals surface area contributed by atoms with Crippen molar-refractivity contribution < 1.29 is 9.15 Å². The van der Waals surface area contributed by atoms with Gasteiger partial charge in [0.25, 0.3) is 0 Å². The fourth-order valence-electron chi connectivity index (χ4n) is 1.64. The molecule has 1 N–H and O–H groups in total. The van der Waals surface area contributed by atoms with Gasteiger partial charge in [0.2, 0.25) is 0 Å². The van der Waals surface area contributed by atoms with Gasteiger partial charge in [0.05, 0.1) is 13.2 Å². The second-order valence-electron chi connectivity index (χ2n) is 3.76. The van der Waals surface area contributed by atoms with Crippen molar-refractivity contribution in [3.05, 3.63) is 51.3 Å². The maximum Gasteiger partial charge on any atom is 0.193 e. The van der Waals surface area contributed by atoms with Crippen molar-refractivity contribution in [1.29, 1.82) is 0 Å². The Morgan fingerprint density at radius 1 is 1.33 bits per heavy atom. The lowest BCUT2D eigenvalue weighted by molar-refractivity contribution is 0.185. The lowest BCUT2D eigenvalue weighted by atomic mass is 10.2. The van der Waals surface area contributed by atoms with Crippen LogP contribution in [0.1, 0.15) is 11.3 Å². The van der Waals surface area contributed by atoms with Gasteiger partial charge in [-0.2, -0.15) is 0 Å². The van der Waals surface area contributed by atoms with Crippen LogP contribution in [0, 0.1) is 0 Å². The van der Waals surface area contributed by atoms with Gasteiger partial charge in [-0.25, -0.2) is 0 Å². The van der Waals surface area contributed by atoms with Crippen molar-refractivity contribution in [2.75, 3.05) is 12.4 Å². The van der Waals surface area contributed by atoms with Crippen LogP contribution in [0.4, 0.5) is 5.69 Å². The highest BCUT2D eigenvalue weighted by Gasteiger charge is 2.07. The molecule has 2 aromatic rings. The summed E-state index contributed by atoms with van der Waals surface area (Å²) in [6, 6.07) is 9.55. The van der Waals surface area contributed by atoms with E-state index in [9.17, 15) is 0 Å². The number of methoxy groups -OCH3 is 1. The summed E-state index contributed by atoms with van der Waals surface area (Å²) in [5.41, 5.74) is 2.09. The first-order chi connectivity index (χ1) is 8.70. The van der Waals surface area contributed by atoms with Crippen LogP contribution in [-0.4, -0.2) is 7.11 Å². The maximum atomic E-state index is 5.73. The monoisotopic (exact) mass is 329 g/mol. The van der Waals surface area contributed by atoms with Gasteiger partial charge in [0.15, 0.2) is 5.22 Å². The molecule has 0 aliphatic carbocycles. The number of rotatable bonds is 5. The van der Waals surface area contributed by atoms with E-state index in [-0.39, 0.29) is 0 Å². The molecule has 1 aromatic carbocycles. The Morgan fingerprint density at radius 3 is 2.83 bits per heavy atom. The number of nitrogens with one attached hydrogen (secondary N) is 1. The molecule has 2 rings (SSSR count). The van der Waals surface area contributed by atoms with E-state index < -0.39 is 0 Å². The minimum absolute atomic E-state index is 0.401. The molecule has 1 heterocycles. The van der Waals surface area contributed by atoms with Crippen LogP contribution in [0.25, 0.3) is 0 Å². The van der Waals surface area contributed by atoms with E-state index in [1.807, 2.05) is 24.3 Å². The largest absolute Gasteiger partial charge is 0.448 e. The van der Waals surface area contributed by atoms with Gasteiger partial charge in [-0.05, 0) is 35.9 Å².